The van der Waals surface area contributed by atoms with Gasteiger partial charge in [0.25, 0.3) is 0 Å². The van der Waals surface area contributed by atoms with E-state index in [9.17, 15) is 9.90 Å². The number of methoxy groups -OCH3 is 1. The maximum atomic E-state index is 11.3. The van der Waals surface area contributed by atoms with Crippen LogP contribution in [-0.4, -0.2) is 24.3 Å². The molecular formula is C21H22O4. The van der Waals surface area contributed by atoms with E-state index in [-0.39, 0.29) is 6.10 Å². The molecule has 1 N–H and O–H groups in total. The van der Waals surface area contributed by atoms with E-state index in [0.29, 0.717) is 17.1 Å². The Morgan fingerprint density at radius 2 is 1.76 bits per heavy atom. The zero-order chi connectivity index (χ0) is 17.6. The van der Waals surface area contributed by atoms with Gasteiger partial charge < -0.3 is 14.6 Å². The molecule has 3 rings (SSSR count). The molecule has 0 heterocycles. The van der Waals surface area contributed by atoms with Gasteiger partial charge in [0.1, 0.15) is 0 Å². The molecule has 0 aliphatic heterocycles. The lowest BCUT2D eigenvalue weighted by molar-refractivity contribution is -0.131. The van der Waals surface area contributed by atoms with Crippen LogP contribution in [0, 0.1) is 0 Å². The molecular weight excluding hydrogens is 316 g/mol. The molecule has 0 spiro atoms. The van der Waals surface area contributed by atoms with E-state index < -0.39 is 5.97 Å². The van der Waals surface area contributed by atoms with E-state index in [0.717, 1.165) is 24.0 Å². The molecule has 2 aromatic carbocycles. The number of aliphatic carboxylic acids is 1. The molecule has 1 aliphatic carbocycles. The molecule has 0 amide bonds. The third-order valence-corrected chi connectivity index (χ3v) is 4.42. The van der Waals surface area contributed by atoms with Gasteiger partial charge in [0, 0.05) is 6.08 Å². The van der Waals surface area contributed by atoms with Crippen molar-refractivity contribution < 1.29 is 19.4 Å². The topological polar surface area (TPSA) is 55.8 Å². The van der Waals surface area contributed by atoms with Crippen molar-refractivity contribution >= 4 is 11.5 Å². The fourth-order valence-electron chi connectivity index (χ4n) is 3.20. The number of carbonyl (C=O) groups is 1. The predicted octanol–water partition coefficient (Wildman–Crippen LogP) is 4.53. The number of carboxylic acids is 1. The molecule has 1 aliphatic rings. The second-order valence-electron chi connectivity index (χ2n) is 6.15. The fourth-order valence-corrected chi connectivity index (χ4v) is 3.20. The summed E-state index contributed by atoms with van der Waals surface area (Å²) in [5, 5.41) is 9.27. The lowest BCUT2D eigenvalue weighted by Crippen LogP contribution is -2.11. The van der Waals surface area contributed by atoms with Crippen LogP contribution in [0.15, 0.2) is 54.6 Å². The molecule has 0 radical (unpaired) electrons. The standard InChI is InChI=1S/C21H22O4/c1-24-19-12-11-16(13-20(19)25-17-9-5-6-10-17)18(14-21(22)23)15-7-3-2-4-8-15/h2-4,7-8,11-14,17H,5-6,9-10H2,1H3,(H,22,23). The summed E-state index contributed by atoms with van der Waals surface area (Å²) < 4.78 is 11.5. The van der Waals surface area contributed by atoms with E-state index >= 15 is 0 Å². The minimum Gasteiger partial charge on any atom is -0.493 e. The van der Waals surface area contributed by atoms with E-state index in [1.54, 1.807) is 7.11 Å². The second-order valence-corrected chi connectivity index (χ2v) is 6.15. The molecule has 25 heavy (non-hydrogen) atoms. The third-order valence-electron chi connectivity index (χ3n) is 4.42. The first kappa shape index (κ1) is 17.1. The van der Waals surface area contributed by atoms with Crippen LogP contribution in [0.25, 0.3) is 5.57 Å². The summed E-state index contributed by atoms with van der Waals surface area (Å²) in [4.78, 5) is 11.3. The van der Waals surface area contributed by atoms with Crippen LogP contribution in [0.4, 0.5) is 0 Å². The van der Waals surface area contributed by atoms with Crippen molar-refractivity contribution in [3.63, 3.8) is 0 Å². The van der Waals surface area contributed by atoms with Gasteiger partial charge in [0.15, 0.2) is 11.5 Å². The smallest absolute Gasteiger partial charge is 0.328 e. The second kappa shape index (κ2) is 7.88. The summed E-state index contributed by atoms with van der Waals surface area (Å²) in [6.07, 6.45) is 5.89. The van der Waals surface area contributed by atoms with Crippen LogP contribution in [0.1, 0.15) is 36.8 Å². The van der Waals surface area contributed by atoms with Crippen LogP contribution in [-0.2, 0) is 4.79 Å². The van der Waals surface area contributed by atoms with Crippen molar-refractivity contribution in [1.82, 2.24) is 0 Å². The quantitative estimate of drug-likeness (QED) is 0.786. The normalized spacial score (nSPS) is 15.2. The molecule has 4 nitrogen and oxygen atoms in total. The first-order valence-corrected chi connectivity index (χ1v) is 8.52. The van der Waals surface area contributed by atoms with Gasteiger partial charge >= 0.3 is 5.97 Å². The number of benzene rings is 2. The summed E-state index contributed by atoms with van der Waals surface area (Å²) in [6, 6.07) is 15.1. The third kappa shape index (κ3) is 4.21. The van der Waals surface area contributed by atoms with Gasteiger partial charge in [-0.1, -0.05) is 36.4 Å². The zero-order valence-electron chi connectivity index (χ0n) is 14.3. The Bertz CT molecular complexity index is 759. The Hall–Kier alpha value is -2.75. The number of hydrogen-bond donors (Lipinski definition) is 1. The minimum atomic E-state index is -0.979. The zero-order valence-corrected chi connectivity index (χ0v) is 14.3. The lowest BCUT2D eigenvalue weighted by atomic mass is 9.97. The highest BCUT2D eigenvalue weighted by Gasteiger charge is 2.19. The van der Waals surface area contributed by atoms with Crippen LogP contribution in [0.3, 0.4) is 0 Å². The average Bonchev–Trinajstić information content (AvgIpc) is 3.13. The van der Waals surface area contributed by atoms with Crippen molar-refractivity contribution in [3.05, 3.63) is 65.7 Å². The number of ether oxygens (including phenoxy) is 2. The molecule has 130 valence electrons. The van der Waals surface area contributed by atoms with Crippen molar-refractivity contribution in [2.45, 2.75) is 31.8 Å². The van der Waals surface area contributed by atoms with Gasteiger partial charge in [-0.05, 0) is 54.5 Å². The van der Waals surface area contributed by atoms with Gasteiger partial charge in [0.2, 0.25) is 0 Å². The van der Waals surface area contributed by atoms with Crippen LogP contribution < -0.4 is 9.47 Å². The van der Waals surface area contributed by atoms with Gasteiger partial charge in [-0.15, -0.1) is 0 Å². The first-order chi connectivity index (χ1) is 12.2. The van der Waals surface area contributed by atoms with Crippen molar-refractivity contribution in [1.29, 1.82) is 0 Å². The Kier molecular flexibility index (Phi) is 5.39. The van der Waals surface area contributed by atoms with Gasteiger partial charge in [0.05, 0.1) is 13.2 Å². The molecule has 1 fully saturated rings. The molecule has 0 unspecified atom stereocenters. The van der Waals surface area contributed by atoms with Crippen LogP contribution in [0.2, 0.25) is 0 Å². The lowest BCUT2D eigenvalue weighted by Gasteiger charge is -2.17. The largest absolute Gasteiger partial charge is 0.493 e. The van der Waals surface area contributed by atoms with Crippen molar-refractivity contribution in [3.8, 4) is 11.5 Å². The molecule has 0 aromatic heterocycles. The maximum absolute atomic E-state index is 11.3. The summed E-state index contributed by atoms with van der Waals surface area (Å²) in [5.74, 6) is 0.352. The molecule has 1 saturated carbocycles. The van der Waals surface area contributed by atoms with E-state index in [1.807, 2.05) is 48.5 Å². The minimum absolute atomic E-state index is 0.202. The first-order valence-electron chi connectivity index (χ1n) is 8.52. The van der Waals surface area contributed by atoms with E-state index in [4.69, 9.17) is 9.47 Å². The van der Waals surface area contributed by atoms with Crippen LogP contribution in [0.5, 0.6) is 11.5 Å². The van der Waals surface area contributed by atoms with E-state index in [2.05, 4.69) is 0 Å². The molecule has 0 bridgehead atoms. The SMILES string of the molecule is COc1ccc(C(=CC(=O)O)c2ccccc2)cc1OC1CCCC1. The van der Waals surface area contributed by atoms with Crippen molar-refractivity contribution in [2.24, 2.45) is 0 Å². The van der Waals surface area contributed by atoms with Gasteiger partial charge in [-0.2, -0.15) is 0 Å². The van der Waals surface area contributed by atoms with Crippen molar-refractivity contribution in [2.75, 3.05) is 7.11 Å². The number of carboxylic acid groups (broad SMARTS) is 1. The number of hydrogen-bond acceptors (Lipinski definition) is 3. The highest BCUT2D eigenvalue weighted by molar-refractivity contribution is 5.95. The van der Waals surface area contributed by atoms with E-state index in [1.165, 1.54) is 18.9 Å². The Morgan fingerprint density at radius 3 is 2.40 bits per heavy atom. The Morgan fingerprint density at radius 1 is 1.04 bits per heavy atom. The fraction of sp³-hybridized carbons (Fsp3) is 0.286. The highest BCUT2D eigenvalue weighted by atomic mass is 16.5. The average molecular weight is 338 g/mol. The Labute approximate surface area is 147 Å². The Balaban J connectivity index is 2.00. The highest BCUT2D eigenvalue weighted by Crippen LogP contribution is 2.35. The maximum Gasteiger partial charge on any atom is 0.328 e. The number of rotatable bonds is 6. The van der Waals surface area contributed by atoms with Gasteiger partial charge in [-0.3, -0.25) is 0 Å². The molecule has 2 aromatic rings. The molecule has 0 saturated heterocycles. The molecule has 4 heteroatoms. The molecule has 0 atom stereocenters. The summed E-state index contributed by atoms with van der Waals surface area (Å²) in [7, 11) is 1.61. The summed E-state index contributed by atoms with van der Waals surface area (Å²) >= 11 is 0. The summed E-state index contributed by atoms with van der Waals surface area (Å²) in [6.45, 7) is 0. The van der Waals surface area contributed by atoms with Crippen LogP contribution >= 0.6 is 0 Å². The predicted molar refractivity (Wildman–Crippen MR) is 97.0 cm³/mol. The summed E-state index contributed by atoms with van der Waals surface area (Å²) in [5.41, 5.74) is 2.29. The monoisotopic (exact) mass is 338 g/mol. The van der Waals surface area contributed by atoms with Gasteiger partial charge in [-0.25, -0.2) is 4.79 Å².